The van der Waals surface area contributed by atoms with Crippen LogP contribution in [0, 0.1) is 0 Å². The second kappa shape index (κ2) is 8.65. The van der Waals surface area contributed by atoms with Crippen LogP contribution in [0.1, 0.15) is 36.9 Å². The summed E-state index contributed by atoms with van der Waals surface area (Å²) in [5, 5.41) is 4.44. The lowest BCUT2D eigenvalue weighted by Gasteiger charge is -2.23. The minimum atomic E-state index is -3.61. The van der Waals surface area contributed by atoms with Crippen LogP contribution in [0.2, 0.25) is 0 Å². The van der Waals surface area contributed by atoms with E-state index in [1.54, 1.807) is 50.4 Å². The molecule has 0 radical (unpaired) electrons. The van der Waals surface area contributed by atoms with Crippen molar-refractivity contribution in [1.29, 1.82) is 0 Å². The van der Waals surface area contributed by atoms with E-state index in [1.807, 2.05) is 12.1 Å². The zero-order valence-electron chi connectivity index (χ0n) is 17.1. The molecule has 1 aliphatic rings. The summed E-state index contributed by atoms with van der Waals surface area (Å²) in [6, 6.07) is 13.5. The number of nitrogens with zero attached hydrogens (tertiary/aromatic N) is 2. The van der Waals surface area contributed by atoms with Gasteiger partial charge in [0.15, 0.2) is 0 Å². The first-order valence-corrected chi connectivity index (χ1v) is 12.9. The molecule has 30 heavy (non-hydrogen) atoms. The van der Waals surface area contributed by atoms with Crippen molar-refractivity contribution in [3.05, 3.63) is 59.7 Å². The summed E-state index contributed by atoms with van der Waals surface area (Å²) in [6.45, 7) is 1.80. The zero-order chi connectivity index (χ0) is 21.9. The predicted molar refractivity (Wildman–Crippen MR) is 118 cm³/mol. The Morgan fingerprint density at radius 1 is 1.13 bits per heavy atom. The maximum Gasteiger partial charge on any atom is 0.250 e. The van der Waals surface area contributed by atoms with Gasteiger partial charge in [0.05, 0.1) is 30.9 Å². The first-order chi connectivity index (χ1) is 14.1. The second-order valence-electron chi connectivity index (χ2n) is 7.09. The molecule has 0 unspecified atom stereocenters. The van der Waals surface area contributed by atoms with Gasteiger partial charge in [-0.25, -0.2) is 16.8 Å². The fraction of sp³-hybridized carbons (Fsp3) is 0.350. The van der Waals surface area contributed by atoms with Crippen LogP contribution in [0.4, 0.5) is 5.69 Å². The molecule has 0 bridgehead atoms. The number of hydrogen-bond acceptors (Lipinski definition) is 6. The van der Waals surface area contributed by atoms with E-state index >= 15 is 0 Å². The standard InChI is InChI=1S/C20H25N3O5S2/c1-4-11-30(26,27)23-20(16-8-6-10-18(13-16)28-2)14-19(21-23)15-7-5-9-17(12-15)22-29(3,24)25/h5-10,12-13,20,22H,4,11,14H2,1-3H3/t20-/m1/s1. The van der Waals surface area contributed by atoms with E-state index in [0.717, 1.165) is 11.8 Å². The van der Waals surface area contributed by atoms with Crippen LogP contribution in [-0.2, 0) is 20.0 Å². The Labute approximate surface area is 177 Å². The maximum absolute atomic E-state index is 12.9. The molecule has 0 aliphatic carbocycles. The SMILES string of the molecule is CCCS(=O)(=O)N1N=C(c2cccc(NS(C)(=O)=O)c2)C[C@@H]1c1cccc(OC)c1. The zero-order valence-corrected chi connectivity index (χ0v) is 18.7. The molecule has 2 aromatic carbocycles. The number of ether oxygens (including phenoxy) is 1. The normalized spacial score (nSPS) is 17.0. The topological polar surface area (TPSA) is 105 Å². The molecule has 1 heterocycles. The van der Waals surface area contributed by atoms with Crippen LogP contribution >= 0.6 is 0 Å². The Balaban J connectivity index is 2.01. The molecule has 10 heteroatoms. The van der Waals surface area contributed by atoms with E-state index in [0.29, 0.717) is 35.6 Å². The third-order valence-electron chi connectivity index (χ3n) is 4.60. The Morgan fingerprint density at radius 3 is 2.53 bits per heavy atom. The van der Waals surface area contributed by atoms with Gasteiger partial charge in [0.2, 0.25) is 20.0 Å². The first kappa shape index (κ1) is 22.1. The highest BCUT2D eigenvalue weighted by Crippen LogP contribution is 2.36. The molecule has 162 valence electrons. The molecule has 0 aromatic heterocycles. The van der Waals surface area contributed by atoms with Crippen molar-refractivity contribution in [2.24, 2.45) is 5.10 Å². The summed E-state index contributed by atoms with van der Waals surface area (Å²) in [6.07, 6.45) is 1.91. The molecule has 3 rings (SSSR count). The van der Waals surface area contributed by atoms with Crippen molar-refractivity contribution in [3.8, 4) is 5.75 Å². The van der Waals surface area contributed by atoms with E-state index in [1.165, 1.54) is 4.41 Å². The van der Waals surface area contributed by atoms with Crippen LogP contribution in [0.15, 0.2) is 53.6 Å². The van der Waals surface area contributed by atoms with Crippen molar-refractivity contribution < 1.29 is 21.6 Å². The molecular formula is C20H25N3O5S2. The van der Waals surface area contributed by atoms with Crippen LogP contribution in [0.5, 0.6) is 5.75 Å². The van der Waals surface area contributed by atoms with Gasteiger partial charge in [-0.3, -0.25) is 4.72 Å². The number of methoxy groups -OCH3 is 1. The average Bonchev–Trinajstić information content (AvgIpc) is 3.13. The summed E-state index contributed by atoms with van der Waals surface area (Å²) >= 11 is 0. The van der Waals surface area contributed by atoms with Crippen LogP contribution in [0.25, 0.3) is 0 Å². The van der Waals surface area contributed by atoms with Gasteiger partial charge < -0.3 is 4.74 Å². The van der Waals surface area contributed by atoms with Crippen LogP contribution < -0.4 is 9.46 Å². The van der Waals surface area contributed by atoms with Crippen LogP contribution in [-0.4, -0.2) is 46.1 Å². The molecule has 0 saturated carbocycles. The first-order valence-electron chi connectivity index (χ1n) is 9.44. The van der Waals surface area contributed by atoms with Crippen LogP contribution in [0.3, 0.4) is 0 Å². The van der Waals surface area contributed by atoms with E-state index < -0.39 is 26.1 Å². The molecular weight excluding hydrogens is 426 g/mol. The van der Waals surface area contributed by atoms with E-state index in [2.05, 4.69) is 9.82 Å². The highest BCUT2D eigenvalue weighted by molar-refractivity contribution is 7.92. The molecule has 0 spiro atoms. The average molecular weight is 452 g/mol. The Morgan fingerprint density at radius 2 is 1.87 bits per heavy atom. The number of benzene rings is 2. The minimum Gasteiger partial charge on any atom is -0.497 e. The number of hydrogen-bond donors (Lipinski definition) is 1. The third kappa shape index (κ3) is 5.11. The molecule has 1 aliphatic heterocycles. The number of nitrogens with one attached hydrogen (secondary N) is 1. The highest BCUT2D eigenvalue weighted by Gasteiger charge is 2.36. The lowest BCUT2D eigenvalue weighted by molar-refractivity contribution is 0.368. The Bertz CT molecular complexity index is 1160. The Kier molecular flexibility index (Phi) is 6.37. The van der Waals surface area contributed by atoms with E-state index in [4.69, 9.17) is 4.74 Å². The van der Waals surface area contributed by atoms with Crippen molar-refractivity contribution in [2.45, 2.75) is 25.8 Å². The highest BCUT2D eigenvalue weighted by atomic mass is 32.2. The minimum absolute atomic E-state index is 0.0140. The van der Waals surface area contributed by atoms with Gasteiger partial charge in [-0.05, 0) is 41.8 Å². The maximum atomic E-state index is 12.9. The molecule has 1 atom stereocenters. The van der Waals surface area contributed by atoms with Gasteiger partial charge in [-0.15, -0.1) is 0 Å². The monoisotopic (exact) mass is 451 g/mol. The van der Waals surface area contributed by atoms with Gasteiger partial charge in [0.25, 0.3) is 0 Å². The van der Waals surface area contributed by atoms with Crippen molar-refractivity contribution in [2.75, 3.05) is 23.8 Å². The van der Waals surface area contributed by atoms with Gasteiger partial charge >= 0.3 is 0 Å². The van der Waals surface area contributed by atoms with E-state index in [-0.39, 0.29) is 5.75 Å². The smallest absolute Gasteiger partial charge is 0.250 e. The summed E-state index contributed by atoms with van der Waals surface area (Å²) in [5.74, 6) is 0.619. The van der Waals surface area contributed by atoms with Gasteiger partial charge in [0.1, 0.15) is 5.75 Å². The summed E-state index contributed by atoms with van der Waals surface area (Å²) < 4.78 is 57.8. The fourth-order valence-corrected chi connectivity index (χ4v) is 5.41. The third-order valence-corrected chi connectivity index (χ3v) is 7.03. The number of rotatable bonds is 8. The van der Waals surface area contributed by atoms with Gasteiger partial charge in [0, 0.05) is 12.1 Å². The lowest BCUT2D eigenvalue weighted by Crippen LogP contribution is -2.29. The fourth-order valence-electron chi connectivity index (χ4n) is 3.34. The number of sulfonamides is 2. The van der Waals surface area contributed by atoms with E-state index in [9.17, 15) is 16.8 Å². The summed E-state index contributed by atoms with van der Waals surface area (Å²) in [7, 11) is -5.49. The molecule has 0 saturated heterocycles. The molecule has 8 nitrogen and oxygen atoms in total. The largest absolute Gasteiger partial charge is 0.497 e. The Hall–Kier alpha value is -2.59. The summed E-state index contributed by atoms with van der Waals surface area (Å²) in [4.78, 5) is 0. The quantitative estimate of drug-likeness (QED) is 0.664. The van der Waals surface area contributed by atoms with Gasteiger partial charge in [-0.2, -0.15) is 9.52 Å². The number of anilines is 1. The van der Waals surface area contributed by atoms with Crippen molar-refractivity contribution >= 4 is 31.4 Å². The van der Waals surface area contributed by atoms with Crippen molar-refractivity contribution in [3.63, 3.8) is 0 Å². The molecule has 2 aromatic rings. The molecule has 0 fully saturated rings. The molecule has 0 amide bonds. The summed E-state index contributed by atoms with van der Waals surface area (Å²) in [5.41, 5.74) is 2.40. The van der Waals surface area contributed by atoms with Crippen molar-refractivity contribution in [1.82, 2.24) is 4.41 Å². The molecule has 1 N–H and O–H groups in total. The second-order valence-corrected chi connectivity index (χ2v) is 10.8. The predicted octanol–water partition coefficient (Wildman–Crippen LogP) is 2.96. The lowest BCUT2D eigenvalue weighted by atomic mass is 9.99. The van der Waals surface area contributed by atoms with Gasteiger partial charge in [-0.1, -0.05) is 31.2 Å². The number of hydrazone groups is 1.